The van der Waals surface area contributed by atoms with Crippen molar-refractivity contribution in [2.75, 3.05) is 7.11 Å². The van der Waals surface area contributed by atoms with Crippen molar-refractivity contribution in [3.63, 3.8) is 0 Å². The van der Waals surface area contributed by atoms with Crippen molar-refractivity contribution in [2.45, 2.75) is 77.7 Å². The molecule has 6 nitrogen and oxygen atoms in total. The van der Waals surface area contributed by atoms with Crippen molar-refractivity contribution in [3.05, 3.63) is 88.5 Å². The van der Waals surface area contributed by atoms with Crippen molar-refractivity contribution in [2.24, 2.45) is 5.92 Å². The van der Waals surface area contributed by atoms with Gasteiger partial charge in [0, 0.05) is 17.0 Å². The zero-order valence-corrected chi connectivity index (χ0v) is 25.0. The maximum Gasteiger partial charge on any atom is 0.338 e. The van der Waals surface area contributed by atoms with E-state index in [9.17, 15) is 14.7 Å². The highest BCUT2D eigenvalue weighted by atomic mass is 16.5. The Kier molecular flexibility index (Phi) is 7.52. The summed E-state index contributed by atoms with van der Waals surface area (Å²) in [6.45, 7) is 16.2. The molecule has 0 aromatic heterocycles. The Morgan fingerprint density at radius 3 is 2.00 bits per heavy atom. The zero-order chi connectivity index (χ0) is 29.6. The Balaban J connectivity index is 2.01. The lowest BCUT2D eigenvalue weighted by Crippen LogP contribution is -2.65. The molecule has 40 heavy (non-hydrogen) atoms. The van der Waals surface area contributed by atoms with Crippen molar-refractivity contribution >= 4 is 11.9 Å². The second-order valence-electron chi connectivity index (χ2n) is 13.0. The van der Waals surface area contributed by atoms with Gasteiger partial charge in [0.1, 0.15) is 17.2 Å². The summed E-state index contributed by atoms with van der Waals surface area (Å²) < 4.78 is 11.2. The Hall–Kier alpha value is -3.80. The van der Waals surface area contributed by atoms with Crippen molar-refractivity contribution < 1.29 is 24.2 Å². The molecule has 6 heteroatoms. The minimum atomic E-state index is -1.42. The van der Waals surface area contributed by atoms with Gasteiger partial charge >= 0.3 is 5.97 Å². The summed E-state index contributed by atoms with van der Waals surface area (Å²) in [5.41, 5.74) is 1.44. The maximum atomic E-state index is 14.1. The number of phenols is 1. The van der Waals surface area contributed by atoms with Crippen LogP contribution in [-0.4, -0.2) is 29.6 Å². The fourth-order valence-corrected chi connectivity index (χ4v) is 5.61. The fourth-order valence-electron chi connectivity index (χ4n) is 5.61. The molecule has 4 rings (SSSR count). The van der Waals surface area contributed by atoms with Gasteiger partial charge in [0.25, 0.3) is 5.91 Å². The SMILES string of the molecule is COc1ccc(C(=O)N[C@@]2(C(C)C)C(=O)Oc3ccccc3[C@@H]2c2cc(C(C)(C)C)c(O)c(C(C)(C)C)c2)cc1. The van der Waals surface area contributed by atoms with Crippen LogP contribution in [0.5, 0.6) is 17.2 Å². The topological polar surface area (TPSA) is 84.9 Å². The van der Waals surface area contributed by atoms with Crippen LogP contribution in [0.2, 0.25) is 0 Å². The highest BCUT2D eigenvalue weighted by Gasteiger charge is 2.56. The van der Waals surface area contributed by atoms with E-state index in [2.05, 4.69) is 46.9 Å². The van der Waals surface area contributed by atoms with Crippen LogP contribution in [0.3, 0.4) is 0 Å². The molecule has 2 N–H and O–H groups in total. The van der Waals surface area contributed by atoms with Crippen molar-refractivity contribution in [1.29, 1.82) is 0 Å². The lowest BCUT2D eigenvalue weighted by atomic mass is 9.65. The number of amides is 1. The van der Waals surface area contributed by atoms with Crippen LogP contribution in [0.1, 0.15) is 93.9 Å². The molecular weight excluding hydrogens is 502 g/mol. The van der Waals surface area contributed by atoms with Crippen molar-refractivity contribution in [3.8, 4) is 17.2 Å². The minimum Gasteiger partial charge on any atom is -0.507 e. The second kappa shape index (κ2) is 10.3. The number of ether oxygens (including phenoxy) is 2. The van der Waals surface area contributed by atoms with Gasteiger partial charge in [-0.05, 0) is 63.8 Å². The van der Waals surface area contributed by atoms with E-state index in [1.165, 1.54) is 0 Å². The lowest BCUT2D eigenvalue weighted by Gasteiger charge is -2.46. The Bertz CT molecular complexity index is 1390. The van der Waals surface area contributed by atoms with Gasteiger partial charge in [0.05, 0.1) is 7.11 Å². The molecule has 212 valence electrons. The van der Waals surface area contributed by atoms with Crippen molar-refractivity contribution in [1.82, 2.24) is 5.32 Å². The molecule has 2 atom stereocenters. The van der Waals surface area contributed by atoms with Gasteiger partial charge in [-0.1, -0.05) is 85.7 Å². The number of fused-ring (bicyclic) bond motifs is 1. The quantitative estimate of drug-likeness (QED) is 0.271. The summed E-state index contributed by atoms with van der Waals surface area (Å²) >= 11 is 0. The second-order valence-corrected chi connectivity index (χ2v) is 13.0. The molecule has 1 amide bonds. The Morgan fingerprint density at radius 1 is 0.950 bits per heavy atom. The van der Waals surface area contributed by atoms with Crippen LogP contribution < -0.4 is 14.8 Å². The first kappa shape index (κ1) is 29.2. The van der Waals surface area contributed by atoms with Gasteiger partial charge in [-0.3, -0.25) is 4.79 Å². The minimum absolute atomic E-state index is 0.257. The summed E-state index contributed by atoms with van der Waals surface area (Å²) in [6, 6.07) is 18.2. The monoisotopic (exact) mass is 543 g/mol. The highest BCUT2D eigenvalue weighted by molar-refractivity contribution is 6.00. The van der Waals surface area contributed by atoms with Crippen LogP contribution in [0.25, 0.3) is 0 Å². The Morgan fingerprint density at radius 2 is 1.50 bits per heavy atom. The summed E-state index contributed by atoms with van der Waals surface area (Å²) in [5.74, 6) is -0.463. The molecule has 1 aliphatic rings. The highest BCUT2D eigenvalue weighted by Crippen LogP contribution is 2.50. The molecule has 1 aliphatic heterocycles. The van der Waals surface area contributed by atoms with Gasteiger partial charge in [-0.15, -0.1) is 0 Å². The van der Waals surface area contributed by atoms with E-state index in [4.69, 9.17) is 9.47 Å². The van der Waals surface area contributed by atoms with Crippen LogP contribution in [-0.2, 0) is 15.6 Å². The third-order valence-electron chi connectivity index (χ3n) is 7.89. The van der Waals surface area contributed by atoms with Crippen LogP contribution in [0, 0.1) is 5.92 Å². The number of phenolic OH excluding ortho intramolecular Hbond substituents is 1. The molecule has 0 radical (unpaired) electrons. The number of aromatic hydroxyl groups is 1. The molecule has 0 fully saturated rings. The van der Waals surface area contributed by atoms with E-state index in [0.29, 0.717) is 17.1 Å². The zero-order valence-electron chi connectivity index (χ0n) is 25.0. The summed E-state index contributed by atoms with van der Waals surface area (Å²) in [4.78, 5) is 27.9. The number of rotatable bonds is 5. The third kappa shape index (κ3) is 5.07. The summed E-state index contributed by atoms with van der Waals surface area (Å²) in [5, 5.41) is 14.6. The number of hydrogen-bond donors (Lipinski definition) is 2. The molecule has 0 aliphatic carbocycles. The fraction of sp³-hybridized carbons (Fsp3) is 0.412. The van der Waals surface area contributed by atoms with Crippen LogP contribution in [0.15, 0.2) is 60.7 Å². The number of para-hydroxylation sites is 1. The number of hydrogen-bond acceptors (Lipinski definition) is 5. The van der Waals surface area contributed by atoms with E-state index in [0.717, 1.165) is 22.3 Å². The predicted molar refractivity (Wildman–Crippen MR) is 157 cm³/mol. The first-order valence-electron chi connectivity index (χ1n) is 13.8. The van der Waals surface area contributed by atoms with Gasteiger partial charge < -0.3 is 19.9 Å². The largest absolute Gasteiger partial charge is 0.507 e. The van der Waals surface area contributed by atoms with Gasteiger partial charge in [-0.25, -0.2) is 4.79 Å². The van der Waals surface area contributed by atoms with E-state index in [1.807, 2.05) is 44.2 Å². The number of carbonyl (C=O) groups excluding carboxylic acids is 2. The van der Waals surface area contributed by atoms with Crippen LogP contribution >= 0.6 is 0 Å². The van der Waals surface area contributed by atoms with Crippen LogP contribution in [0.4, 0.5) is 0 Å². The molecule has 0 unspecified atom stereocenters. The third-order valence-corrected chi connectivity index (χ3v) is 7.89. The molecule has 0 saturated carbocycles. The molecule has 0 spiro atoms. The number of nitrogens with one attached hydrogen (secondary N) is 1. The predicted octanol–water partition coefficient (Wildman–Crippen LogP) is 6.87. The van der Waals surface area contributed by atoms with Gasteiger partial charge in [-0.2, -0.15) is 0 Å². The average molecular weight is 544 g/mol. The van der Waals surface area contributed by atoms with Gasteiger partial charge in [0.15, 0.2) is 5.54 Å². The first-order chi connectivity index (χ1) is 18.6. The molecule has 1 heterocycles. The number of methoxy groups -OCH3 is 1. The lowest BCUT2D eigenvalue weighted by molar-refractivity contribution is -0.146. The molecule has 0 bridgehead atoms. The molecule has 3 aromatic rings. The first-order valence-corrected chi connectivity index (χ1v) is 13.8. The van der Waals surface area contributed by atoms with E-state index in [-0.39, 0.29) is 28.4 Å². The maximum absolute atomic E-state index is 14.1. The number of esters is 1. The summed E-state index contributed by atoms with van der Waals surface area (Å²) in [6.07, 6.45) is 0. The summed E-state index contributed by atoms with van der Waals surface area (Å²) in [7, 11) is 1.57. The standard InChI is InChI=1S/C34H41NO5/c1-20(2)34(35-30(37)21-14-16-23(39-9)17-15-21)28(24-12-10-11-13-27(24)40-31(34)38)22-18-25(32(3,4)5)29(36)26(19-22)33(6,7)8/h10-20,28,36H,1-9H3,(H,35,37)/t28-,34+/m0/s1. The normalized spacial score (nSPS) is 19.1. The van der Waals surface area contributed by atoms with E-state index >= 15 is 0 Å². The average Bonchev–Trinajstić information content (AvgIpc) is 2.87. The molecule has 3 aromatic carbocycles. The molecule has 0 saturated heterocycles. The molecular formula is C34H41NO5. The van der Waals surface area contributed by atoms with E-state index in [1.54, 1.807) is 37.4 Å². The smallest absolute Gasteiger partial charge is 0.338 e. The number of carbonyl (C=O) groups is 2. The van der Waals surface area contributed by atoms with E-state index < -0.39 is 17.4 Å². The van der Waals surface area contributed by atoms with Gasteiger partial charge in [0.2, 0.25) is 0 Å². The number of benzene rings is 3. The Labute approximate surface area is 237 Å².